The normalized spacial score (nSPS) is 14.2. The van der Waals surface area contributed by atoms with E-state index in [1.54, 1.807) is 0 Å². The molecule has 0 aromatic carbocycles. The van der Waals surface area contributed by atoms with Crippen molar-refractivity contribution in [3.05, 3.63) is 0 Å². The molecule has 0 aliphatic carbocycles. The van der Waals surface area contributed by atoms with Crippen molar-refractivity contribution in [3.8, 4) is 0 Å². The molecule has 17 nitrogen and oxygen atoms in total. The van der Waals surface area contributed by atoms with Crippen LogP contribution in [-0.4, -0.2) is 96.7 Å². The SMILES string of the molecule is CC(C)CCCCCCCCCCCCCCCCCCC(=O)O[C@H](COC(=O)CCCCCCCCC(C)C)COP(=O)(O)OCC(O)COP(=O)(O)OC[C@@H](COC(=O)CCCCCCCCCCCCCCCCC(C)C)OC(=O)CCCCCCCCC(C)C. The predicted octanol–water partition coefficient (Wildman–Crippen LogP) is 21.7. The fourth-order valence-corrected chi connectivity index (χ4v) is 13.0. The second-order valence-electron chi connectivity index (χ2n) is 28.9. The molecule has 0 bridgehead atoms. The highest BCUT2D eigenvalue weighted by molar-refractivity contribution is 7.47. The van der Waals surface area contributed by atoms with Crippen LogP contribution in [0.25, 0.3) is 0 Å². The van der Waals surface area contributed by atoms with Gasteiger partial charge in [-0.1, -0.05) is 325 Å². The van der Waals surface area contributed by atoms with Crippen molar-refractivity contribution in [2.24, 2.45) is 23.7 Å². The number of hydrogen-bond acceptors (Lipinski definition) is 15. The van der Waals surface area contributed by atoms with Crippen molar-refractivity contribution in [1.29, 1.82) is 0 Å². The minimum atomic E-state index is -4.95. The number of aliphatic hydroxyl groups is 1. The maximum Gasteiger partial charge on any atom is 0.472 e. The van der Waals surface area contributed by atoms with Crippen molar-refractivity contribution in [2.75, 3.05) is 39.6 Å². The van der Waals surface area contributed by atoms with Crippen LogP contribution in [0.2, 0.25) is 0 Å². The molecule has 0 rings (SSSR count). The number of carbonyl (C=O) groups is 4. The maximum atomic E-state index is 13.0. The van der Waals surface area contributed by atoms with E-state index in [0.717, 1.165) is 108 Å². The van der Waals surface area contributed by atoms with Crippen LogP contribution in [0.1, 0.15) is 376 Å². The fraction of sp³-hybridized carbons (Fsp3) is 0.947. The van der Waals surface area contributed by atoms with Gasteiger partial charge in [-0.05, 0) is 49.4 Å². The zero-order valence-electron chi connectivity index (χ0n) is 61.6. The molecular formula is C75H146O17P2. The molecule has 19 heteroatoms. The molecule has 3 unspecified atom stereocenters. The standard InChI is InChI=1S/C75H146O17P2/c1-65(2)51-43-35-27-23-19-15-11-9-10-12-18-22-26-30-41-49-57-74(79)91-70(62-86-73(78)56-48-40-33-31-37-45-53-67(5)6)63-89-93(81,82)87-59-69(76)60-88-94(83,84)90-64-71(92-75(80)58-50-42-34-32-38-46-54-68(7)8)61-85-72(77)55-47-39-29-25-21-17-14-13-16-20-24-28-36-44-52-66(3)4/h65-71,76H,9-64H2,1-8H3,(H,81,82)(H,83,84)/t69?,70-,71-/m1/s1. The second kappa shape index (κ2) is 64.4. The maximum absolute atomic E-state index is 13.0. The highest BCUT2D eigenvalue weighted by Gasteiger charge is 2.30. The Morgan fingerprint density at radius 3 is 0.660 bits per heavy atom. The van der Waals surface area contributed by atoms with Gasteiger partial charge in [0.1, 0.15) is 19.3 Å². The van der Waals surface area contributed by atoms with Gasteiger partial charge in [-0.25, -0.2) is 9.13 Å². The van der Waals surface area contributed by atoms with E-state index in [4.69, 9.17) is 37.0 Å². The van der Waals surface area contributed by atoms with Crippen LogP contribution in [0.15, 0.2) is 0 Å². The van der Waals surface area contributed by atoms with Gasteiger partial charge in [0, 0.05) is 25.7 Å². The first-order valence-corrected chi connectivity index (χ1v) is 41.7. The van der Waals surface area contributed by atoms with Crippen molar-refractivity contribution < 1.29 is 80.2 Å². The van der Waals surface area contributed by atoms with E-state index in [1.165, 1.54) is 173 Å². The van der Waals surface area contributed by atoms with Gasteiger partial charge in [0.25, 0.3) is 0 Å². The van der Waals surface area contributed by atoms with Crippen molar-refractivity contribution >= 4 is 39.5 Å². The zero-order valence-corrected chi connectivity index (χ0v) is 63.4. The van der Waals surface area contributed by atoms with E-state index >= 15 is 0 Å². The van der Waals surface area contributed by atoms with E-state index in [-0.39, 0.29) is 25.7 Å². The average molecular weight is 1380 g/mol. The molecule has 0 aliphatic rings. The highest BCUT2D eigenvalue weighted by atomic mass is 31.2. The highest BCUT2D eigenvalue weighted by Crippen LogP contribution is 2.45. The first-order chi connectivity index (χ1) is 45.1. The lowest BCUT2D eigenvalue weighted by Gasteiger charge is -2.21. The Balaban J connectivity index is 5.14. The van der Waals surface area contributed by atoms with Crippen LogP contribution in [-0.2, 0) is 65.4 Å². The lowest BCUT2D eigenvalue weighted by molar-refractivity contribution is -0.161. The Bertz CT molecular complexity index is 1850. The first-order valence-electron chi connectivity index (χ1n) is 38.7. The van der Waals surface area contributed by atoms with Crippen LogP contribution in [0.4, 0.5) is 0 Å². The molecule has 94 heavy (non-hydrogen) atoms. The number of phosphoric ester groups is 2. The smallest absolute Gasteiger partial charge is 0.462 e. The van der Waals surface area contributed by atoms with Gasteiger partial charge in [-0.3, -0.25) is 37.3 Å². The van der Waals surface area contributed by atoms with Gasteiger partial charge in [-0.2, -0.15) is 0 Å². The molecule has 558 valence electrons. The lowest BCUT2D eigenvalue weighted by atomic mass is 10.0. The summed E-state index contributed by atoms with van der Waals surface area (Å²) in [6, 6.07) is 0. The van der Waals surface area contributed by atoms with Gasteiger partial charge in [0.2, 0.25) is 0 Å². The number of esters is 4. The quantitative estimate of drug-likeness (QED) is 0.0222. The molecule has 0 aromatic rings. The molecule has 0 saturated carbocycles. The van der Waals surface area contributed by atoms with E-state index < -0.39 is 97.5 Å². The van der Waals surface area contributed by atoms with Gasteiger partial charge in [-0.15, -0.1) is 0 Å². The number of hydrogen-bond donors (Lipinski definition) is 3. The molecule has 5 atom stereocenters. The number of rotatable bonds is 72. The second-order valence-corrected chi connectivity index (χ2v) is 31.9. The molecule has 0 aliphatic heterocycles. The summed E-state index contributed by atoms with van der Waals surface area (Å²) in [5.74, 6) is 0.828. The van der Waals surface area contributed by atoms with Crippen LogP contribution in [0.3, 0.4) is 0 Å². The lowest BCUT2D eigenvalue weighted by Crippen LogP contribution is -2.30. The van der Waals surface area contributed by atoms with Crippen LogP contribution in [0, 0.1) is 23.7 Å². The third kappa shape index (κ3) is 68.6. The summed E-state index contributed by atoms with van der Waals surface area (Å²) in [7, 11) is -9.91. The third-order valence-electron chi connectivity index (χ3n) is 17.3. The predicted molar refractivity (Wildman–Crippen MR) is 381 cm³/mol. The zero-order chi connectivity index (χ0) is 69.6. The third-order valence-corrected chi connectivity index (χ3v) is 19.2. The number of unbranched alkanes of at least 4 members (excludes halogenated alkanes) is 38. The minimum Gasteiger partial charge on any atom is -0.462 e. The van der Waals surface area contributed by atoms with Crippen molar-refractivity contribution in [2.45, 2.75) is 395 Å². The molecule has 0 saturated heterocycles. The van der Waals surface area contributed by atoms with Crippen LogP contribution in [0.5, 0.6) is 0 Å². The Kier molecular flexibility index (Phi) is 63.1. The van der Waals surface area contributed by atoms with Crippen LogP contribution >= 0.6 is 15.6 Å². The topological polar surface area (TPSA) is 237 Å². The van der Waals surface area contributed by atoms with Gasteiger partial charge >= 0.3 is 39.5 Å². The number of aliphatic hydroxyl groups excluding tert-OH is 1. The molecule has 0 radical (unpaired) electrons. The molecule has 0 aromatic heterocycles. The Morgan fingerprint density at radius 2 is 0.447 bits per heavy atom. The Hall–Kier alpha value is -1.94. The van der Waals surface area contributed by atoms with E-state index in [9.17, 15) is 43.2 Å². The van der Waals surface area contributed by atoms with E-state index in [2.05, 4.69) is 55.4 Å². The van der Waals surface area contributed by atoms with Crippen molar-refractivity contribution in [3.63, 3.8) is 0 Å². The molecule has 3 N–H and O–H groups in total. The monoisotopic (exact) mass is 1380 g/mol. The largest absolute Gasteiger partial charge is 0.472 e. The Morgan fingerprint density at radius 1 is 0.266 bits per heavy atom. The van der Waals surface area contributed by atoms with E-state index in [0.29, 0.717) is 37.5 Å². The summed E-state index contributed by atoms with van der Waals surface area (Å²) < 4.78 is 68.4. The summed E-state index contributed by atoms with van der Waals surface area (Å²) in [5, 5.41) is 10.6. The summed E-state index contributed by atoms with van der Waals surface area (Å²) in [6.45, 7) is 14.1. The van der Waals surface area contributed by atoms with E-state index in [1.807, 2.05) is 0 Å². The number of carbonyl (C=O) groups excluding carboxylic acids is 4. The molecule has 0 spiro atoms. The summed E-state index contributed by atoms with van der Waals surface area (Å²) in [4.78, 5) is 72.6. The van der Waals surface area contributed by atoms with Gasteiger partial charge < -0.3 is 33.8 Å². The summed E-state index contributed by atoms with van der Waals surface area (Å²) in [5.41, 5.74) is 0. The number of phosphoric acid groups is 2. The van der Waals surface area contributed by atoms with Crippen molar-refractivity contribution in [1.82, 2.24) is 0 Å². The van der Waals surface area contributed by atoms with Gasteiger partial charge in [0.05, 0.1) is 26.4 Å². The molecular weight excluding hydrogens is 1230 g/mol. The summed E-state index contributed by atoms with van der Waals surface area (Å²) in [6.07, 6.45) is 49.0. The summed E-state index contributed by atoms with van der Waals surface area (Å²) >= 11 is 0. The van der Waals surface area contributed by atoms with Gasteiger partial charge in [0.15, 0.2) is 12.2 Å². The first kappa shape index (κ1) is 92.1. The molecule has 0 amide bonds. The fourth-order valence-electron chi connectivity index (χ4n) is 11.4. The van der Waals surface area contributed by atoms with Crippen LogP contribution < -0.4 is 0 Å². The minimum absolute atomic E-state index is 0.102. The molecule has 0 fully saturated rings. The number of ether oxygens (including phenoxy) is 4. The molecule has 0 heterocycles. The Labute approximate surface area is 575 Å². The average Bonchev–Trinajstić information content (AvgIpc) is 2.64.